The molecule has 5 N–H and O–H groups in total. The van der Waals surface area contributed by atoms with Gasteiger partial charge in [-0.3, -0.25) is 14.4 Å². The van der Waals surface area contributed by atoms with Crippen LogP contribution in [0.4, 0.5) is 11.4 Å². The number of piperidine rings is 1. The number of sulfonamides is 1. The van der Waals surface area contributed by atoms with E-state index in [0.717, 1.165) is 32.4 Å². The normalized spacial score (nSPS) is 20.7. The van der Waals surface area contributed by atoms with Crippen LogP contribution in [0.25, 0.3) is 0 Å². The van der Waals surface area contributed by atoms with Crippen LogP contribution < -0.4 is 15.4 Å². The van der Waals surface area contributed by atoms with Gasteiger partial charge in [-0.25, -0.2) is 13.2 Å². The summed E-state index contributed by atoms with van der Waals surface area (Å²) in [5, 5.41) is 26.0. The number of carbonyl (C=O) groups excluding carboxylic acids is 1. The van der Waals surface area contributed by atoms with Crippen LogP contribution in [-0.2, 0) is 21.2 Å². The van der Waals surface area contributed by atoms with E-state index >= 15 is 0 Å². The summed E-state index contributed by atoms with van der Waals surface area (Å²) >= 11 is 0. The molecule has 0 radical (unpaired) electrons. The van der Waals surface area contributed by atoms with Gasteiger partial charge in [-0.15, -0.1) is 0 Å². The topological polar surface area (TPSA) is 148 Å². The van der Waals surface area contributed by atoms with Crippen molar-refractivity contribution >= 4 is 33.3 Å². The lowest BCUT2D eigenvalue weighted by molar-refractivity contribution is -0.119. The van der Waals surface area contributed by atoms with E-state index < -0.39 is 33.3 Å². The Morgan fingerprint density at radius 1 is 1.08 bits per heavy atom. The number of phenols is 1. The van der Waals surface area contributed by atoms with Crippen LogP contribution in [-0.4, -0.2) is 67.1 Å². The Balaban J connectivity index is 1.58. The summed E-state index contributed by atoms with van der Waals surface area (Å²) in [4.78, 5) is 27.2. The summed E-state index contributed by atoms with van der Waals surface area (Å²) in [6.45, 7) is 4.34. The Hall–Kier alpha value is -3.15. The van der Waals surface area contributed by atoms with Crippen molar-refractivity contribution in [1.29, 1.82) is 0 Å². The van der Waals surface area contributed by atoms with E-state index in [0.29, 0.717) is 18.5 Å². The minimum Gasteiger partial charge on any atom is -0.507 e. The van der Waals surface area contributed by atoms with Gasteiger partial charge in [0.1, 0.15) is 22.3 Å². The minimum absolute atomic E-state index is 0.0466. The van der Waals surface area contributed by atoms with Crippen molar-refractivity contribution in [2.24, 2.45) is 0 Å². The maximum absolute atomic E-state index is 13.3. The smallest absolute Gasteiger partial charge is 0.341 e. The number of aromatic hydroxyl groups is 1. The zero-order valence-electron chi connectivity index (χ0n) is 20.2. The van der Waals surface area contributed by atoms with Gasteiger partial charge in [0.2, 0.25) is 5.91 Å². The first-order valence-electron chi connectivity index (χ1n) is 12.2. The van der Waals surface area contributed by atoms with Gasteiger partial charge >= 0.3 is 5.97 Å². The van der Waals surface area contributed by atoms with Crippen molar-refractivity contribution in [2.45, 2.75) is 56.0 Å². The number of nitrogens with one attached hydrogen (secondary N) is 3. The fourth-order valence-electron chi connectivity index (χ4n) is 5.04. The number of nitrogens with zero attached hydrogens (tertiary/aromatic N) is 1. The SMILES string of the molecule is CCc1ccc(NS(=O)(=O)c2ccccc2NC(=O)[C@@H]2NCCC2N2CCCCC2)c(C(=O)O)c1O. The van der Waals surface area contributed by atoms with E-state index in [-0.39, 0.29) is 28.2 Å². The zero-order valence-corrected chi connectivity index (χ0v) is 21.0. The highest BCUT2D eigenvalue weighted by Gasteiger charge is 2.37. The Morgan fingerprint density at radius 2 is 1.81 bits per heavy atom. The molecule has 0 saturated carbocycles. The molecule has 36 heavy (non-hydrogen) atoms. The van der Waals surface area contributed by atoms with Crippen LogP contribution in [0.1, 0.15) is 48.5 Å². The van der Waals surface area contributed by atoms with E-state index in [9.17, 15) is 28.2 Å². The van der Waals surface area contributed by atoms with E-state index in [2.05, 4.69) is 20.3 Å². The Kier molecular flexibility index (Phi) is 7.82. The van der Waals surface area contributed by atoms with Crippen LogP contribution in [0.15, 0.2) is 41.3 Å². The molecule has 2 heterocycles. The number of benzene rings is 2. The maximum Gasteiger partial charge on any atom is 0.341 e. The lowest BCUT2D eigenvalue weighted by atomic mass is 10.0. The maximum atomic E-state index is 13.3. The molecule has 2 aromatic rings. The van der Waals surface area contributed by atoms with Crippen LogP contribution in [0.3, 0.4) is 0 Å². The van der Waals surface area contributed by atoms with Gasteiger partial charge in [0.25, 0.3) is 10.0 Å². The van der Waals surface area contributed by atoms with Gasteiger partial charge in [0, 0.05) is 6.04 Å². The highest BCUT2D eigenvalue weighted by atomic mass is 32.2. The van der Waals surface area contributed by atoms with Crippen molar-refractivity contribution < 1.29 is 28.2 Å². The van der Waals surface area contributed by atoms with Crippen LogP contribution in [0.5, 0.6) is 5.75 Å². The summed E-state index contributed by atoms with van der Waals surface area (Å²) in [7, 11) is -4.31. The fraction of sp³-hybridized carbons (Fsp3) is 0.440. The Bertz CT molecular complexity index is 1240. The van der Waals surface area contributed by atoms with Gasteiger partial charge in [-0.2, -0.15) is 0 Å². The molecule has 0 spiro atoms. The molecule has 1 unspecified atom stereocenters. The number of carbonyl (C=O) groups is 2. The van der Waals surface area contributed by atoms with Crippen molar-refractivity contribution in [2.75, 3.05) is 29.7 Å². The lowest BCUT2D eigenvalue weighted by Crippen LogP contribution is -2.51. The van der Waals surface area contributed by atoms with Crippen LogP contribution in [0, 0.1) is 0 Å². The van der Waals surface area contributed by atoms with Crippen LogP contribution >= 0.6 is 0 Å². The van der Waals surface area contributed by atoms with Crippen LogP contribution in [0.2, 0.25) is 0 Å². The molecular formula is C25H32N4O6S. The zero-order chi connectivity index (χ0) is 25.9. The standard InChI is InChI=1S/C25H32N4O6S/c1-2-16-10-11-18(21(23(16)30)25(32)33)28-36(34,35)20-9-5-4-8-17(20)27-24(31)22-19(12-13-26-22)29-14-6-3-7-15-29/h4-5,8-11,19,22,26,28,30H,2-3,6-7,12-15H2,1H3,(H,27,31)(H,32,33)/t19?,22-/m1/s1. The monoisotopic (exact) mass is 516 g/mol. The fourth-order valence-corrected chi connectivity index (χ4v) is 6.27. The molecule has 1 amide bonds. The number of anilines is 2. The summed E-state index contributed by atoms with van der Waals surface area (Å²) in [6, 6.07) is 8.32. The molecule has 2 saturated heterocycles. The van der Waals surface area contributed by atoms with Crippen molar-refractivity contribution in [3.05, 3.63) is 47.5 Å². The Labute approximate surface area is 210 Å². The van der Waals surface area contributed by atoms with Gasteiger partial charge in [0.05, 0.1) is 11.4 Å². The summed E-state index contributed by atoms with van der Waals surface area (Å²) in [5.74, 6) is -2.26. The third-order valence-electron chi connectivity index (χ3n) is 6.87. The quantitative estimate of drug-likeness (QED) is 0.360. The summed E-state index contributed by atoms with van der Waals surface area (Å²) < 4.78 is 28.9. The first kappa shape index (κ1) is 25.9. The lowest BCUT2D eigenvalue weighted by Gasteiger charge is -2.34. The number of carboxylic acid groups (broad SMARTS) is 1. The van der Waals surface area contributed by atoms with Gasteiger partial charge in [-0.1, -0.05) is 31.5 Å². The molecule has 2 aliphatic rings. The summed E-state index contributed by atoms with van der Waals surface area (Å²) in [5.41, 5.74) is -0.317. The Morgan fingerprint density at radius 3 is 2.50 bits per heavy atom. The predicted octanol–water partition coefficient (Wildman–Crippen LogP) is 2.61. The highest BCUT2D eigenvalue weighted by molar-refractivity contribution is 7.92. The number of hydrogen-bond acceptors (Lipinski definition) is 7. The second-order valence-corrected chi connectivity index (χ2v) is 10.8. The second kappa shape index (κ2) is 10.9. The molecule has 0 bridgehead atoms. The molecular weight excluding hydrogens is 484 g/mol. The summed E-state index contributed by atoms with van der Waals surface area (Å²) in [6.07, 6.45) is 4.61. The minimum atomic E-state index is -4.31. The third kappa shape index (κ3) is 5.32. The molecule has 0 aliphatic carbocycles. The first-order valence-corrected chi connectivity index (χ1v) is 13.7. The number of para-hydroxylation sites is 1. The van der Waals surface area contributed by atoms with Gasteiger partial charge in [-0.05, 0) is 69.1 Å². The van der Waals surface area contributed by atoms with Crippen molar-refractivity contribution in [3.63, 3.8) is 0 Å². The van der Waals surface area contributed by atoms with E-state index in [1.807, 2.05) is 0 Å². The molecule has 2 aliphatic heterocycles. The predicted molar refractivity (Wildman–Crippen MR) is 136 cm³/mol. The highest BCUT2D eigenvalue weighted by Crippen LogP contribution is 2.33. The molecule has 2 fully saturated rings. The van der Waals surface area contributed by atoms with E-state index in [1.54, 1.807) is 13.0 Å². The van der Waals surface area contributed by atoms with Gasteiger partial charge in [0.15, 0.2) is 0 Å². The van der Waals surface area contributed by atoms with E-state index in [1.165, 1.54) is 36.8 Å². The molecule has 4 rings (SSSR count). The molecule has 2 aromatic carbocycles. The average Bonchev–Trinajstić information content (AvgIpc) is 3.35. The average molecular weight is 517 g/mol. The van der Waals surface area contributed by atoms with Crippen molar-refractivity contribution in [3.8, 4) is 5.75 Å². The molecule has 10 nitrogen and oxygen atoms in total. The van der Waals surface area contributed by atoms with Crippen molar-refractivity contribution in [1.82, 2.24) is 10.2 Å². The number of amides is 1. The number of carboxylic acids is 1. The molecule has 0 aromatic heterocycles. The van der Waals surface area contributed by atoms with E-state index in [4.69, 9.17) is 0 Å². The number of aromatic carboxylic acids is 1. The molecule has 2 atom stereocenters. The number of rotatable bonds is 8. The first-order chi connectivity index (χ1) is 17.2. The largest absolute Gasteiger partial charge is 0.507 e. The number of hydrogen-bond donors (Lipinski definition) is 5. The molecule has 194 valence electrons. The number of aryl methyl sites for hydroxylation is 1. The molecule has 11 heteroatoms. The third-order valence-corrected chi connectivity index (χ3v) is 8.29. The number of likely N-dealkylation sites (tertiary alicyclic amines) is 1. The van der Waals surface area contributed by atoms with Gasteiger partial charge < -0.3 is 20.8 Å². The second-order valence-electron chi connectivity index (χ2n) is 9.13.